The van der Waals surface area contributed by atoms with Crippen LogP contribution in [0, 0.1) is 5.92 Å². The summed E-state index contributed by atoms with van der Waals surface area (Å²) in [5.41, 5.74) is 0. The molecule has 1 aliphatic carbocycles. The van der Waals surface area contributed by atoms with Gasteiger partial charge in [-0.1, -0.05) is 13.8 Å². The predicted octanol–water partition coefficient (Wildman–Crippen LogP) is 2.37. The molecule has 1 rings (SSSR count). The lowest BCUT2D eigenvalue weighted by Crippen LogP contribution is -2.44. The standard InChI is InChI=1S/C14H28N2O2S/c1-11(2)10-19-9-3-8-15-14(18)16-12-4-6-13(17)7-5-12/h11-13,17H,3-10H2,1-2H3,(H2,15,16,18). The van der Waals surface area contributed by atoms with E-state index >= 15 is 0 Å². The molecular weight excluding hydrogens is 260 g/mol. The summed E-state index contributed by atoms with van der Waals surface area (Å²) in [7, 11) is 0. The number of hydrogen-bond acceptors (Lipinski definition) is 3. The highest BCUT2D eigenvalue weighted by Crippen LogP contribution is 2.18. The average molecular weight is 288 g/mol. The van der Waals surface area contributed by atoms with Crippen LogP contribution in [0.3, 0.4) is 0 Å². The van der Waals surface area contributed by atoms with Gasteiger partial charge in [0.15, 0.2) is 0 Å². The molecule has 0 spiro atoms. The minimum atomic E-state index is -0.168. The number of nitrogens with one attached hydrogen (secondary N) is 2. The summed E-state index contributed by atoms with van der Waals surface area (Å²) >= 11 is 1.95. The van der Waals surface area contributed by atoms with E-state index < -0.39 is 0 Å². The zero-order valence-corrected chi connectivity index (χ0v) is 13.0. The molecule has 19 heavy (non-hydrogen) atoms. The number of thioether (sulfide) groups is 1. The maximum atomic E-state index is 11.6. The highest BCUT2D eigenvalue weighted by molar-refractivity contribution is 7.99. The molecule has 0 bridgehead atoms. The van der Waals surface area contributed by atoms with E-state index in [1.807, 2.05) is 11.8 Å². The van der Waals surface area contributed by atoms with Gasteiger partial charge in [-0.15, -0.1) is 0 Å². The molecule has 1 aliphatic rings. The number of hydrogen-bond donors (Lipinski definition) is 3. The van der Waals surface area contributed by atoms with E-state index in [2.05, 4.69) is 24.5 Å². The van der Waals surface area contributed by atoms with E-state index in [9.17, 15) is 9.90 Å². The molecule has 2 amide bonds. The number of aliphatic hydroxyl groups is 1. The van der Waals surface area contributed by atoms with Gasteiger partial charge in [-0.25, -0.2) is 4.79 Å². The molecule has 1 saturated carbocycles. The third-order valence-corrected chi connectivity index (χ3v) is 4.71. The lowest BCUT2D eigenvalue weighted by Gasteiger charge is -2.26. The maximum absolute atomic E-state index is 11.6. The summed E-state index contributed by atoms with van der Waals surface area (Å²) in [6.45, 7) is 5.19. The third-order valence-electron chi connectivity index (χ3n) is 3.23. The Morgan fingerprint density at radius 2 is 2.00 bits per heavy atom. The number of aliphatic hydroxyl groups excluding tert-OH is 1. The summed E-state index contributed by atoms with van der Waals surface area (Å²) in [6.07, 6.45) is 4.23. The second-order valence-corrected chi connectivity index (χ2v) is 6.88. The lowest BCUT2D eigenvalue weighted by molar-refractivity contribution is 0.117. The quantitative estimate of drug-likeness (QED) is 0.630. The van der Waals surface area contributed by atoms with Gasteiger partial charge in [0, 0.05) is 12.6 Å². The Balaban J connectivity index is 1.96. The van der Waals surface area contributed by atoms with Crippen molar-refractivity contribution in [2.75, 3.05) is 18.1 Å². The molecule has 0 heterocycles. The van der Waals surface area contributed by atoms with Crippen molar-refractivity contribution in [3.8, 4) is 0 Å². The van der Waals surface area contributed by atoms with Gasteiger partial charge in [0.25, 0.3) is 0 Å². The Morgan fingerprint density at radius 3 is 2.63 bits per heavy atom. The second kappa shape index (κ2) is 9.48. The van der Waals surface area contributed by atoms with Crippen LogP contribution in [0.15, 0.2) is 0 Å². The Kier molecular flexibility index (Phi) is 8.30. The Hall–Kier alpha value is -0.420. The fourth-order valence-electron chi connectivity index (χ4n) is 2.15. The SMILES string of the molecule is CC(C)CSCCCNC(=O)NC1CCC(O)CC1. The molecular formula is C14H28N2O2S. The third kappa shape index (κ3) is 8.37. The summed E-state index contributed by atoms with van der Waals surface area (Å²) in [4.78, 5) is 11.6. The number of urea groups is 1. The normalized spacial score (nSPS) is 23.4. The predicted molar refractivity (Wildman–Crippen MR) is 81.6 cm³/mol. The van der Waals surface area contributed by atoms with Gasteiger partial charge in [-0.05, 0) is 49.5 Å². The van der Waals surface area contributed by atoms with Gasteiger partial charge in [0.05, 0.1) is 6.10 Å². The first-order valence-corrected chi connectivity index (χ1v) is 8.53. The first kappa shape index (κ1) is 16.6. The Labute approximate surface area is 121 Å². The van der Waals surface area contributed by atoms with Crippen LogP contribution in [0.4, 0.5) is 4.79 Å². The van der Waals surface area contributed by atoms with Gasteiger partial charge in [-0.2, -0.15) is 11.8 Å². The molecule has 0 aliphatic heterocycles. The number of amides is 2. The molecule has 0 aromatic carbocycles. The van der Waals surface area contributed by atoms with Crippen LogP contribution in [-0.2, 0) is 0 Å². The van der Waals surface area contributed by atoms with Crippen molar-refractivity contribution in [3.63, 3.8) is 0 Å². The van der Waals surface area contributed by atoms with Crippen molar-refractivity contribution in [2.24, 2.45) is 5.92 Å². The molecule has 112 valence electrons. The summed E-state index contributed by atoms with van der Waals surface area (Å²) in [6, 6.07) is 0.175. The second-order valence-electron chi connectivity index (χ2n) is 5.73. The molecule has 0 aromatic heterocycles. The van der Waals surface area contributed by atoms with E-state index in [-0.39, 0.29) is 18.2 Å². The van der Waals surface area contributed by atoms with E-state index in [4.69, 9.17) is 0 Å². The van der Waals surface area contributed by atoms with Crippen molar-refractivity contribution in [1.82, 2.24) is 10.6 Å². The van der Waals surface area contributed by atoms with Crippen LogP contribution in [0.1, 0.15) is 46.0 Å². The molecule has 0 unspecified atom stereocenters. The highest BCUT2D eigenvalue weighted by Gasteiger charge is 2.20. The summed E-state index contributed by atoms with van der Waals surface area (Å²) < 4.78 is 0. The van der Waals surface area contributed by atoms with E-state index in [1.54, 1.807) is 0 Å². The van der Waals surface area contributed by atoms with Gasteiger partial charge in [0.1, 0.15) is 0 Å². The van der Waals surface area contributed by atoms with Crippen LogP contribution in [0.5, 0.6) is 0 Å². The smallest absolute Gasteiger partial charge is 0.315 e. The minimum Gasteiger partial charge on any atom is -0.393 e. The largest absolute Gasteiger partial charge is 0.393 e. The fraction of sp³-hybridized carbons (Fsp3) is 0.929. The molecule has 3 N–H and O–H groups in total. The van der Waals surface area contributed by atoms with Crippen LogP contribution >= 0.6 is 11.8 Å². The maximum Gasteiger partial charge on any atom is 0.315 e. The molecule has 0 aromatic rings. The van der Waals surface area contributed by atoms with E-state index in [0.717, 1.165) is 50.3 Å². The molecule has 0 saturated heterocycles. The topological polar surface area (TPSA) is 61.4 Å². The van der Waals surface area contributed by atoms with Crippen molar-refractivity contribution >= 4 is 17.8 Å². The van der Waals surface area contributed by atoms with Crippen molar-refractivity contribution in [1.29, 1.82) is 0 Å². The summed E-state index contributed by atoms with van der Waals surface area (Å²) in [5, 5.41) is 15.3. The van der Waals surface area contributed by atoms with Crippen LogP contribution in [0.25, 0.3) is 0 Å². The minimum absolute atomic E-state index is 0.0600. The highest BCUT2D eigenvalue weighted by atomic mass is 32.2. The van der Waals surface area contributed by atoms with Gasteiger partial charge < -0.3 is 15.7 Å². The van der Waals surface area contributed by atoms with Crippen LogP contribution in [0.2, 0.25) is 0 Å². The molecule has 0 radical (unpaired) electrons. The van der Waals surface area contributed by atoms with Gasteiger partial charge in [0.2, 0.25) is 0 Å². The monoisotopic (exact) mass is 288 g/mol. The molecule has 4 nitrogen and oxygen atoms in total. The van der Waals surface area contributed by atoms with Crippen LogP contribution in [-0.4, -0.2) is 41.3 Å². The average Bonchev–Trinajstić information content (AvgIpc) is 2.36. The first-order chi connectivity index (χ1) is 9.08. The van der Waals surface area contributed by atoms with E-state index in [0.29, 0.717) is 0 Å². The van der Waals surface area contributed by atoms with E-state index in [1.165, 1.54) is 5.75 Å². The number of carbonyl (C=O) groups excluding carboxylic acids is 1. The lowest BCUT2D eigenvalue weighted by atomic mass is 9.93. The van der Waals surface area contributed by atoms with Crippen molar-refractivity contribution in [2.45, 2.75) is 58.1 Å². The number of carbonyl (C=O) groups is 1. The van der Waals surface area contributed by atoms with Crippen molar-refractivity contribution < 1.29 is 9.90 Å². The Bertz CT molecular complexity index is 254. The van der Waals surface area contributed by atoms with Crippen LogP contribution < -0.4 is 10.6 Å². The fourth-order valence-corrected chi connectivity index (χ4v) is 3.14. The molecule has 0 atom stereocenters. The zero-order valence-electron chi connectivity index (χ0n) is 12.2. The molecule has 1 fully saturated rings. The van der Waals surface area contributed by atoms with Crippen molar-refractivity contribution in [3.05, 3.63) is 0 Å². The first-order valence-electron chi connectivity index (χ1n) is 7.38. The number of rotatable bonds is 7. The van der Waals surface area contributed by atoms with Gasteiger partial charge >= 0.3 is 6.03 Å². The molecule has 5 heteroatoms. The zero-order chi connectivity index (χ0) is 14.1. The summed E-state index contributed by atoms with van der Waals surface area (Å²) in [5.74, 6) is 3.04. The Morgan fingerprint density at radius 1 is 1.32 bits per heavy atom. The van der Waals surface area contributed by atoms with Gasteiger partial charge in [-0.3, -0.25) is 0 Å².